The summed E-state index contributed by atoms with van der Waals surface area (Å²) in [7, 11) is 0. The maximum atomic E-state index is 13.0. The molecule has 1 atom stereocenters. The molecule has 0 amide bonds. The molecule has 0 aliphatic rings. The van der Waals surface area contributed by atoms with Crippen molar-refractivity contribution in [1.82, 2.24) is 19.7 Å². The zero-order valence-electron chi connectivity index (χ0n) is 16.2. The monoisotopic (exact) mass is 426 g/mol. The second kappa shape index (κ2) is 8.00. The van der Waals surface area contributed by atoms with Crippen molar-refractivity contribution in [2.75, 3.05) is 0 Å². The summed E-state index contributed by atoms with van der Waals surface area (Å²) < 4.78 is 7.55. The van der Waals surface area contributed by atoms with E-state index in [9.17, 15) is 4.79 Å². The number of rotatable bonds is 5. The van der Waals surface area contributed by atoms with E-state index in [4.69, 9.17) is 21.0 Å². The fraction of sp³-hybridized carbons (Fsp3) is 0.238. The molecule has 4 aromatic rings. The zero-order valence-corrected chi connectivity index (χ0v) is 17.7. The van der Waals surface area contributed by atoms with Crippen LogP contribution in [0.1, 0.15) is 38.0 Å². The Morgan fingerprint density at radius 1 is 1.07 bits per heavy atom. The van der Waals surface area contributed by atoms with Gasteiger partial charge in [-0.1, -0.05) is 41.6 Å². The lowest BCUT2D eigenvalue weighted by molar-refractivity contribution is 0.502. The predicted octanol–water partition coefficient (Wildman–Crippen LogP) is 5.53. The van der Waals surface area contributed by atoms with Crippen LogP contribution in [-0.2, 0) is 0 Å². The molecule has 29 heavy (non-hydrogen) atoms. The Morgan fingerprint density at radius 3 is 2.55 bits per heavy atom. The average Bonchev–Trinajstić information content (AvgIpc) is 3.18. The van der Waals surface area contributed by atoms with Crippen LogP contribution >= 0.6 is 23.4 Å². The molecular weight excluding hydrogens is 408 g/mol. The molecule has 0 unspecified atom stereocenters. The molecule has 0 aliphatic carbocycles. The summed E-state index contributed by atoms with van der Waals surface area (Å²) in [5.74, 6) is 0.942. The van der Waals surface area contributed by atoms with Gasteiger partial charge in [0.05, 0.1) is 16.2 Å². The molecule has 148 valence electrons. The number of benzene rings is 2. The molecule has 2 heterocycles. The van der Waals surface area contributed by atoms with Crippen LogP contribution in [0.3, 0.4) is 0 Å². The molecule has 0 spiro atoms. The fourth-order valence-electron chi connectivity index (χ4n) is 2.99. The first-order chi connectivity index (χ1) is 13.9. The topological polar surface area (TPSA) is 73.8 Å². The van der Waals surface area contributed by atoms with Crippen molar-refractivity contribution in [2.24, 2.45) is 0 Å². The van der Waals surface area contributed by atoms with Gasteiger partial charge in [-0.3, -0.25) is 9.36 Å². The Bertz CT molecular complexity index is 1220. The summed E-state index contributed by atoms with van der Waals surface area (Å²) in [4.78, 5) is 17.7. The Morgan fingerprint density at radius 2 is 1.83 bits per heavy atom. The summed E-state index contributed by atoms with van der Waals surface area (Å²) in [6, 6.07) is 14.7. The molecule has 0 saturated carbocycles. The summed E-state index contributed by atoms with van der Waals surface area (Å²) in [5.41, 5.74) is 1.34. The number of hydrogen-bond acceptors (Lipinski definition) is 6. The molecule has 0 saturated heterocycles. The number of halogens is 1. The second-order valence-corrected chi connectivity index (χ2v) is 8.64. The smallest absolute Gasteiger partial charge is 0.262 e. The summed E-state index contributed by atoms with van der Waals surface area (Å²) >= 11 is 7.51. The van der Waals surface area contributed by atoms with Gasteiger partial charge >= 0.3 is 0 Å². The maximum absolute atomic E-state index is 13.0. The van der Waals surface area contributed by atoms with E-state index in [1.54, 1.807) is 22.8 Å². The Kier molecular flexibility index (Phi) is 5.43. The van der Waals surface area contributed by atoms with Crippen molar-refractivity contribution in [1.29, 1.82) is 0 Å². The van der Waals surface area contributed by atoms with Crippen LogP contribution in [0, 0.1) is 0 Å². The van der Waals surface area contributed by atoms with E-state index >= 15 is 0 Å². The molecule has 0 aliphatic heterocycles. The van der Waals surface area contributed by atoms with Crippen LogP contribution in [-0.4, -0.2) is 19.7 Å². The SMILES string of the molecule is CC(C)n1c(S[C@@H](C)c2nnc(-c3ccccc3)o2)nc2cc(Cl)ccc2c1=O. The van der Waals surface area contributed by atoms with Gasteiger partial charge in [0, 0.05) is 16.6 Å². The summed E-state index contributed by atoms with van der Waals surface area (Å²) in [6.07, 6.45) is 0. The van der Waals surface area contributed by atoms with Crippen molar-refractivity contribution in [3.63, 3.8) is 0 Å². The number of thioether (sulfide) groups is 1. The van der Waals surface area contributed by atoms with Gasteiger partial charge in [-0.15, -0.1) is 10.2 Å². The van der Waals surface area contributed by atoms with E-state index < -0.39 is 0 Å². The maximum Gasteiger partial charge on any atom is 0.262 e. The van der Waals surface area contributed by atoms with Crippen LogP contribution in [0.4, 0.5) is 0 Å². The Labute approximate surface area is 176 Å². The van der Waals surface area contributed by atoms with Gasteiger partial charge in [0.1, 0.15) is 0 Å². The van der Waals surface area contributed by atoms with Gasteiger partial charge in [-0.05, 0) is 51.1 Å². The molecule has 6 nitrogen and oxygen atoms in total. The van der Waals surface area contributed by atoms with E-state index in [1.165, 1.54) is 11.8 Å². The van der Waals surface area contributed by atoms with E-state index in [0.717, 1.165) is 5.56 Å². The van der Waals surface area contributed by atoms with Crippen LogP contribution < -0.4 is 5.56 Å². The minimum Gasteiger partial charge on any atom is -0.419 e. The third-order valence-electron chi connectivity index (χ3n) is 4.44. The minimum atomic E-state index is -0.187. The lowest BCUT2D eigenvalue weighted by atomic mass is 10.2. The molecule has 0 fully saturated rings. The third kappa shape index (κ3) is 3.93. The van der Waals surface area contributed by atoms with Gasteiger partial charge in [0.15, 0.2) is 5.16 Å². The van der Waals surface area contributed by atoms with Crippen molar-refractivity contribution < 1.29 is 4.42 Å². The van der Waals surface area contributed by atoms with E-state index in [0.29, 0.717) is 32.9 Å². The fourth-order valence-corrected chi connectivity index (χ4v) is 4.23. The van der Waals surface area contributed by atoms with Gasteiger partial charge in [-0.25, -0.2) is 4.98 Å². The summed E-state index contributed by atoms with van der Waals surface area (Å²) in [6.45, 7) is 5.87. The predicted molar refractivity (Wildman–Crippen MR) is 115 cm³/mol. The molecule has 2 aromatic carbocycles. The van der Waals surface area contributed by atoms with Gasteiger partial charge in [0.25, 0.3) is 5.56 Å². The highest BCUT2D eigenvalue weighted by Crippen LogP contribution is 2.35. The number of nitrogens with zero attached hydrogens (tertiary/aromatic N) is 4. The lowest BCUT2D eigenvalue weighted by Gasteiger charge is -2.17. The standard InChI is InChI=1S/C21H19ClN4O2S/c1-12(2)26-20(27)16-10-9-15(22)11-17(16)23-21(26)29-13(3)18-24-25-19(28-18)14-7-5-4-6-8-14/h4-13H,1-3H3/t13-/m0/s1. The molecule has 8 heteroatoms. The first kappa shape index (κ1) is 19.7. The van der Waals surface area contributed by atoms with E-state index in [1.807, 2.05) is 51.1 Å². The minimum absolute atomic E-state index is 0.0488. The first-order valence-corrected chi connectivity index (χ1v) is 10.5. The molecule has 0 radical (unpaired) electrons. The van der Waals surface area contributed by atoms with Crippen LogP contribution in [0.15, 0.2) is 62.9 Å². The Balaban J connectivity index is 1.71. The van der Waals surface area contributed by atoms with Crippen molar-refractivity contribution >= 4 is 34.3 Å². The second-order valence-electron chi connectivity index (χ2n) is 6.90. The zero-order chi connectivity index (χ0) is 20.5. The quantitative estimate of drug-likeness (QED) is 0.308. The van der Waals surface area contributed by atoms with E-state index in [-0.39, 0.29) is 16.9 Å². The molecule has 4 rings (SSSR count). The summed E-state index contributed by atoms with van der Waals surface area (Å²) in [5, 5.41) is 9.83. The van der Waals surface area contributed by atoms with Gasteiger partial charge in [-0.2, -0.15) is 0 Å². The molecular formula is C21H19ClN4O2S. The van der Waals surface area contributed by atoms with Crippen LogP contribution in [0.2, 0.25) is 5.02 Å². The normalized spacial score (nSPS) is 12.6. The van der Waals surface area contributed by atoms with Crippen molar-refractivity contribution in [3.8, 4) is 11.5 Å². The number of fused-ring (bicyclic) bond motifs is 1. The van der Waals surface area contributed by atoms with Crippen LogP contribution in [0.25, 0.3) is 22.4 Å². The highest BCUT2D eigenvalue weighted by molar-refractivity contribution is 7.99. The first-order valence-electron chi connectivity index (χ1n) is 9.21. The van der Waals surface area contributed by atoms with E-state index in [2.05, 4.69) is 10.2 Å². The van der Waals surface area contributed by atoms with Crippen molar-refractivity contribution in [3.05, 3.63) is 69.8 Å². The third-order valence-corrected chi connectivity index (χ3v) is 5.73. The van der Waals surface area contributed by atoms with Crippen LogP contribution in [0.5, 0.6) is 0 Å². The molecule has 2 aromatic heterocycles. The van der Waals surface area contributed by atoms with Gasteiger partial charge < -0.3 is 4.42 Å². The largest absolute Gasteiger partial charge is 0.419 e. The molecule has 0 N–H and O–H groups in total. The number of aromatic nitrogens is 4. The average molecular weight is 427 g/mol. The lowest BCUT2D eigenvalue weighted by Crippen LogP contribution is -2.25. The van der Waals surface area contributed by atoms with Crippen molar-refractivity contribution in [2.45, 2.75) is 37.2 Å². The number of hydrogen-bond donors (Lipinski definition) is 0. The molecule has 0 bridgehead atoms. The highest BCUT2D eigenvalue weighted by atomic mass is 35.5. The highest BCUT2D eigenvalue weighted by Gasteiger charge is 2.21. The van der Waals surface area contributed by atoms with Gasteiger partial charge in [0.2, 0.25) is 11.8 Å². The Hall–Kier alpha value is -2.64.